The molecule has 0 aliphatic heterocycles. The summed E-state index contributed by atoms with van der Waals surface area (Å²) in [5.41, 5.74) is 0. The van der Waals surface area contributed by atoms with Crippen molar-refractivity contribution in [3.63, 3.8) is 0 Å². The smallest absolute Gasteiger partial charge is 0.269 e. The van der Waals surface area contributed by atoms with Gasteiger partial charge in [0.1, 0.15) is 10.5 Å². The molecule has 0 aromatic rings. The van der Waals surface area contributed by atoms with Gasteiger partial charge in [0.15, 0.2) is 0 Å². The molecule has 8 heteroatoms. The van der Waals surface area contributed by atoms with Crippen molar-refractivity contribution in [2.45, 2.75) is 36.2 Å². The van der Waals surface area contributed by atoms with Gasteiger partial charge in [-0.25, -0.2) is 0 Å². The molecule has 0 spiro atoms. The van der Waals surface area contributed by atoms with Crippen LogP contribution in [0, 0.1) is 0 Å². The topological polar surface area (TPSA) is 109 Å². The van der Waals surface area contributed by atoms with Gasteiger partial charge in [-0.05, 0) is 12.8 Å². The predicted octanol–water partition coefficient (Wildman–Crippen LogP) is 0.0732. The Bertz CT molecular complexity index is 354. The Morgan fingerprint density at radius 1 is 0.786 bits per heavy atom. The van der Waals surface area contributed by atoms with Gasteiger partial charge in [-0.2, -0.15) is 16.8 Å². The molecule has 1 aliphatic carbocycles. The van der Waals surface area contributed by atoms with Crippen molar-refractivity contribution in [1.29, 1.82) is 0 Å². The second-order valence-electron chi connectivity index (χ2n) is 3.39. The van der Waals surface area contributed by atoms with Crippen LogP contribution in [0.4, 0.5) is 0 Å². The molecule has 84 valence electrons. The zero-order valence-electron chi connectivity index (χ0n) is 7.33. The average molecular weight is 244 g/mol. The Kier molecular flexibility index (Phi) is 3.20. The Balaban J connectivity index is 3.03. The van der Waals surface area contributed by atoms with Gasteiger partial charge in [-0.3, -0.25) is 9.11 Å². The second-order valence-corrected chi connectivity index (χ2v) is 6.66. The molecule has 0 aromatic carbocycles. The van der Waals surface area contributed by atoms with Gasteiger partial charge in [0, 0.05) is 0 Å². The lowest BCUT2D eigenvalue weighted by atomic mass is 10.00. The van der Waals surface area contributed by atoms with Gasteiger partial charge >= 0.3 is 0 Å². The molecule has 2 N–H and O–H groups in total. The molecule has 0 radical (unpaired) electrons. The Labute approximate surface area is 82.8 Å². The normalized spacial score (nSPS) is 30.1. The lowest BCUT2D eigenvalue weighted by Gasteiger charge is -2.26. The molecule has 0 aromatic heterocycles. The minimum atomic E-state index is -4.40. The minimum Gasteiger partial charge on any atom is -0.285 e. The maximum atomic E-state index is 10.8. The van der Waals surface area contributed by atoms with Gasteiger partial charge in [-0.15, -0.1) is 0 Å². The molecule has 2 atom stereocenters. The van der Waals surface area contributed by atoms with Crippen molar-refractivity contribution in [3.8, 4) is 0 Å². The van der Waals surface area contributed by atoms with E-state index in [4.69, 9.17) is 9.11 Å². The number of hydrogen-bond acceptors (Lipinski definition) is 4. The second kappa shape index (κ2) is 3.76. The highest BCUT2D eigenvalue weighted by molar-refractivity contribution is 7.90. The third-order valence-corrected chi connectivity index (χ3v) is 5.24. The fourth-order valence-electron chi connectivity index (χ4n) is 1.74. The van der Waals surface area contributed by atoms with E-state index < -0.39 is 30.7 Å². The molecule has 1 fully saturated rings. The standard InChI is InChI=1S/C6H12O6S2/c7-13(8,9)5-3-1-2-4-6(5)14(10,11)12/h5-6H,1-4H2,(H,7,8,9)(H,10,11,12). The zero-order valence-corrected chi connectivity index (χ0v) is 8.96. The lowest BCUT2D eigenvalue weighted by Crippen LogP contribution is -2.41. The van der Waals surface area contributed by atoms with E-state index >= 15 is 0 Å². The van der Waals surface area contributed by atoms with E-state index in [0.717, 1.165) is 0 Å². The molecule has 0 saturated heterocycles. The first-order chi connectivity index (χ1) is 6.23. The van der Waals surface area contributed by atoms with Crippen molar-refractivity contribution in [3.05, 3.63) is 0 Å². The van der Waals surface area contributed by atoms with Crippen LogP contribution in [0.3, 0.4) is 0 Å². The Hall–Kier alpha value is -0.180. The summed E-state index contributed by atoms with van der Waals surface area (Å²) in [5.74, 6) is 0. The van der Waals surface area contributed by atoms with E-state index in [0.29, 0.717) is 12.8 Å². The highest BCUT2D eigenvalue weighted by Crippen LogP contribution is 2.28. The fourth-order valence-corrected chi connectivity index (χ4v) is 4.56. The maximum absolute atomic E-state index is 10.8. The summed E-state index contributed by atoms with van der Waals surface area (Å²) < 4.78 is 60.8. The number of hydrogen-bond donors (Lipinski definition) is 2. The first-order valence-electron chi connectivity index (χ1n) is 4.15. The van der Waals surface area contributed by atoms with Crippen molar-refractivity contribution >= 4 is 20.2 Å². The molecule has 0 bridgehead atoms. The van der Waals surface area contributed by atoms with Crippen molar-refractivity contribution in [2.75, 3.05) is 0 Å². The molecule has 2 unspecified atom stereocenters. The summed E-state index contributed by atoms with van der Waals surface area (Å²) in [7, 11) is -8.79. The molecular formula is C6H12O6S2. The van der Waals surface area contributed by atoms with Crippen LogP contribution in [0.2, 0.25) is 0 Å². The molecule has 0 heterocycles. The first kappa shape index (κ1) is 11.9. The van der Waals surface area contributed by atoms with Crippen molar-refractivity contribution < 1.29 is 25.9 Å². The summed E-state index contributed by atoms with van der Waals surface area (Å²) in [6, 6.07) is 0. The molecule has 0 amide bonds. The molecule has 6 nitrogen and oxygen atoms in total. The van der Waals surface area contributed by atoms with Crippen LogP contribution < -0.4 is 0 Å². The Morgan fingerprint density at radius 2 is 1.07 bits per heavy atom. The average Bonchev–Trinajstić information content (AvgIpc) is 2.01. The summed E-state index contributed by atoms with van der Waals surface area (Å²) in [4.78, 5) is 0. The van der Waals surface area contributed by atoms with Gasteiger partial charge in [-0.1, -0.05) is 12.8 Å². The third kappa shape index (κ3) is 2.66. The van der Waals surface area contributed by atoms with E-state index in [1.807, 2.05) is 0 Å². The molecule has 1 saturated carbocycles. The summed E-state index contributed by atoms with van der Waals surface area (Å²) in [6.07, 6.45) is 1.22. The maximum Gasteiger partial charge on any atom is 0.269 e. The van der Waals surface area contributed by atoms with E-state index in [1.54, 1.807) is 0 Å². The van der Waals surface area contributed by atoms with Crippen LogP contribution in [0.5, 0.6) is 0 Å². The van der Waals surface area contributed by atoms with Crippen LogP contribution in [0.1, 0.15) is 25.7 Å². The van der Waals surface area contributed by atoms with Gasteiger partial charge in [0.05, 0.1) is 0 Å². The highest BCUT2D eigenvalue weighted by atomic mass is 32.2. The molecule has 1 aliphatic rings. The fraction of sp³-hybridized carbons (Fsp3) is 1.00. The summed E-state index contributed by atoms with van der Waals surface area (Å²) in [5, 5.41) is -2.77. The third-order valence-electron chi connectivity index (χ3n) is 2.41. The monoisotopic (exact) mass is 244 g/mol. The minimum absolute atomic E-state index is 0.0727. The van der Waals surface area contributed by atoms with Crippen LogP contribution in [-0.4, -0.2) is 36.4 Å². The van der Waals surface area contributed by atoms with Crippen molar-refractivity contribution in [2.24, 2.45) is 0 Å². The van der Waals surface area contributed by atoms with E-state index in [1.165, 1.54) is 0 Å². The van der Waals surface area contributed by atoms with E-state index in [-0.39, 0.29) is 12.8 Å². The van der Waals surface area contributed by atoms with Crippen molar-refractivity contribution in [1.82, 2.24) is 0 Å². The largest absolute Gasteiger partial charge is 0.285 e. The lowest BCUT2D eigenvalue weighted by molar-refractivity contribution is 0.398. The first-order valence-corrected chi connectivity index (χ1v) is 7.16. The van der Waals surface area contributed by atoms with E-state index in [2.05, 4.69) is 0 Å². The van der Waals surface area contributed by atoms with Gasteiger partial charge in [0.2, 0.25) is 0 Å². The SMILES string of the molecule is O=S(=O)(O)C1CCCCC1S(=O)(=O)O. The van der Waals surface area contributed by atoms with E-state index in [9.17, 15) is 16.8 Å². The van der Waals surface area contributed by atoms with Crippen LogP contribution >= 0.6 is 0 Å². The molecule has 14 heavy (non-hydrogen) atoms. The van der Waals surface area contributed by atoms with Gasteiger partial charge in [0.25, 0.3) is 20.2 Å². The summed E-state index contributed by atoms with van der Waals surface area (Å²) in [6.45, 7) is 0. The molecular weight excluding hydrogens is 232 g/mol. The molecule has 1 rings (SSSR count). The predicted molar refractivity (Wildman–Crippen MR) is 49.1 cm³/mol. The van der Waals surface area contributed by atoms with Gasteiger partial charge < -0.3 is 0 Å². The quantitative estimate of drug-likeness (QED) is 0.665. The number of rotatable bonds is 2. The zero-order chi connectivity index (χ0) is 11.0. The Morgan fingerprint density at radius 3 is 1.29 bits per heavy atom. The van der Waals surface area contributed by atoms with Crippen LogP contribution in [0.25, 0.3) is 0 Å². The van der Waals surface area contributed by atoms with Crippen LogP contribution in [-0.2, 0) is 20.2 Å². The highest BCUT2D eigenvalue weighted by Gasteiger charge is 2.41. The van der Waals surface area contributed by atoms with Crippen LogP contribution in [0.15, 0.2) is 0 Å². The summed E-state index contributed by atoms with van der Waals surface area (Å²) >= 11 is 0.